The summed E-state index contributed by atoms with van der Waals surface area (Å²) < 4.78 is 0. The van der Waals surface area contributed by atoms with Gasteiger partial charge in [-0.25, -0.2) is 0 Å². The first-order valence-corrected chi connectivity index (χ1v) is 6.98. The van der Waals surface area contributed by atoms with Crippen molar-refractivity contribution in [3.05, 3.63) is 35.5 Å². The summed E-state index contributed by atoms with van der Waals surface area (Å²) in [7, 11) is 0. The Morgan fingerprint density at radius 3 is 2.44 bits per heavy atom. The zero-order valence-electron chi connectivity index (χ0n) is 12.0. The molecule has 1 aromatic carbocycles. The molecule has 0 fully saturated rings. The van der Waals surface area contributed by atoms with Crippen LogP contribution in [0.3, 0.4) is 0 Å². The van der Waals surface area contributed by atoms with Crippen molar-refractivity contribution >= 4 is 10.9 Å². The highest BCUT2D eigenvalue weighted by Crippen LogP contribution is 2.22. The van der Waals surface area contributed by atoms with Crippen molar-refractivity contribution in [3.8, 4) is 0 Å². The molecule has 0 spiro atoms. The number of aromatic amines is 1. The second kappa shape index (κ2) is 5.57. The summed E-state index contributed by atoms with van der Waals surface area (Å²) in [5, 5.41) is 1.34. The lowest BCUT2D eigenvalue weighted by Crippen LogP contribution is -2.21. The van der Waals surface area contributed by atoms with Crippen LogP contribution in [0.15, 0.2) is 24.3 Å². The Morgan fingerprint density at radius 2 is 1.83 bits per heavy atom. The Bertz CT molecular complexity index is 507. The van der Waals surface area contributed by atoms with Crippen LogP contribution in [0.4, 0.5) is 0 Å². The van der Waals surface area contributed by atoms with E-state index in [1.54, 1.807) is 0 Å². The van der Waals surface area contributed by atoms with Gasteiger partial charge >= 0.3 is 0 Å². The van der Waals surface area contributed by atoms with Crippen molar-refractivity contribution in [1.29, 1.82) is 0 Å². The molecule has 2 rings (SSSR count). The van der Waals surface area contributed by atoms with Gasteiger partial charge in [-0.15, -0.1) is 0 Å². The minimum atomic E-state index is 0.559. The van der Waals surface area contributed by atoms with Crippen LogP contribution in [0.25, 0.3) is 10.9 Å². The SMILES string of the molecule is CCN(CC)Cc1ccc2[nH]c(C(C)C)cc2c1. The summed E-state index contributed by atoms with van der Waals surface area (Å²) in [5.74, 6) is 0.559. The van der Waals surface area contributed by atoms with E-state index in [9.17, 15) is 0 Å². The van der Waals surface area contributed by atoms with Crippen molar-refractivity contribution in [2.24, 2.45) is 0 Å². The van der Waals surface area contributed by atoms with Crippen LogP contribution in [0.1, 0.15) is 44.9 Å². The quantitative estimate of drug-likeness (QED) is 0.837. The minimum absolute atomic E-state index is 0.559. The summed E-state index contributed by atoms with van der Waals surface area (Å²) in [6.45, 7) is 12.1. The molecule has 2 heteroatoms. The Balaban J connectivity index is 2.26. The summed E-state index contributed by atoms with van der Waals surface area (Å²) >= 11 is 0. The molecule has 0 aliphatic rings. The molecule has 0 saturated heterocycles. The van der Waals surface area contributed by atoms with E-state index in [2.05, 4.69) is 61.8 Å². The molecule has 0 saturated carbocycles. The molecule has 2 aromatic rings. The van der Waals surface area contributed by atoms with Gasteiger partial charge in [0, 0.05) is 17.8 Å². The summed E-state index contributed by atoms with van der Waals surface area (Å²) in [5.41, 5.74) is 3.98. The summed E-state index contributed by atoms with van der Waals surface area (Å²) in [6.07, 6.45) is 0. The third-order valence-corrected chi connectivity index (χ3v) is 3.63. The topological polar surface area (TPSA) is 19.0 Å². The van der Waals surface area contributed by atoms with Gasteiger partial charge in [-0.2, -0.15) is 0 Å². The van der Waals surface area contributed by atoms with Gasteiger partial charge in [0.15, 0.2) is 0 Å². The Labute approximate surface area is 110 Å². The first kappa shape index (κ1) is 13.2. The zero-order chi connectivity index (χ0) is 13.1. The maximum absolute atomic E-state index is 3.49. The van der Waals surface area contributed by atoms with Gasteiger partial charge in [0.25, 0.3) is 0 Å². The third-order valence-electron chi connectivity index (χ3n) is 3.63. The molecule has 0 bridgehead atoms. The molecule has 1 aromatic heterocycles. The molecule has 18 heavy (non-hydrogen) atoms. The van der Waals surface area contributed by atoms with Crippen LogP contribution in [0.5, 0.6) is 0 Å². The van der Waals surface area contributed by atoms with Crippen molar-refractivity contribution in [2.75, 3.05) is 13.1 Å². The van der Waals surface area contributed by atoms with Crippen molar-refractivity contribution in [2.45, 2.75) is 40.2 Å². The number of benzene rings is 1. The van der Waals surface area contributed by atoms with Gasteiger partial charge in [-0.3, -0.25) is 4.90 Å². The lowest BCUT2D eigenvalue weighted by molar-refractivity contribution is 0.296. The number of hydrogen-bond acceptors (Lipinski definition) is 1. The molecule has 1 N–H and O–H groups in total. The van der Waals surface area contributed by atoms with Gasteiger partial charge in [0.2, 0.25) is 0 Å². The predicted octanol–water partition coefficient (Wildman–Crippen LogP) is 4.13. The second-order valence-electron chi connectivity index (χ2n) is 5.26. The number of aromatic nitrogens is 1. The maximum atomic E-state index is 3.49. The van der Waals surface area contributed by atoms with Gasteiger partial charge < -0.3 is 4.98 Å². The average molecular weight is 244 g/mol. The van der Waals surface area contributed by atoms with E-state index < -0.39 is 0 Å². The van der Waals surface area contributed by atoms with Crippen LogP contribution in [-0.2, 0) is 6.54 Å². The van der Waals surface area contributed by atoms with Crippen molar-refractivity contribution in [3.63, 3.8) is 0 Å². The van der Waals surface area contributed by atoms with E-state index in [0.717, 1.165) is 19.6 Å². The molecule has 0 atom stereocenters. The molecule has 0 amide bonds. The Kier molecular flexibility index (Phi) is 4.07. The molecule has 98 valence electrons. The highest BCUT2D eigenvalue weighted by molar-refractivity contribution is 5.81. The van der Waals surface area contributed by atoms with E-state index in [4.69, 9.17) is 0 Å². The molecule has 0 unspecified atom stereocenters. The molecule has 2 nitrogen and oxygen atoms in total. The van der Waals surface area contributed by atoms with Crippen LogP contribution in [-0.4, -0.2) is 23.0 Å². The second-order valence-corrected chi connectivity index (χ2v) is 5.26. The average Bonchev–Trinajstić information content (AvgIpc) is 2.79. The first-order chi connectivity index (χ1) is 8.63. The van der Waals surface area contributed by atoms with Crippen molar-refractivity contribution in [1.82, 2.24) is 9.88 Å². The van der Waals surface area contributed by atoms with E-state index >= 15 is 0 Å². The Hall–Kier alpha value is -1.28. The maximum Gasteiger partial charge on any atom is 0.0456 e. The van der Waals surface area contributed by atoms with Crippen LogP contribution in [0, 0.1) is 0 Å². The number of nitrogens with zero attached hydrogens (tertiary/aromatic N) is 1. The van der Waals surface area contributed by atoms with E-state index in [1.807, 2.05) is 0 Å². The number of nitrogens with one attached hydrogen (secondary N) is 1. The van der Waals surface area contributed by atoms with Crippen LogP contribution >= 0.6 is 0 Å². The monoisotopic (exact) mass is 244 g/mol. The zero-order valence-corrected chi connectivity index (χ0v) is 12.0. The third kappa shape index (κ3) is 2.75. The standard InChI is InChI=1S/C16H24N2/c1-5-18(6-2)11-13-7-8-15-14(9-13)10-16(17-15)12(3)4/h7-10,12,17H,5-6,11H2,1-4H3. The normalized spacial score (nSPS) is 11.9. The molecule has 0 radical (unpaired) electrons. The van der Waals surface area contributed by atoms with Gasteiger partial charge in [0.1, 0.15) is 0 Å². The fraction of sp³-hybridized carbons (Fsp3) is 0.500. The molecular formula is C16H24N2. The van der Waals surface area contributed by atoms with Gasteiger partial charge in [-0.1, -0.05) is 33.8 Å². The summed E-state index contributed by atoms with van der Waals surface area (Å²) in [6, 6.07) is 9.04. The van der Waals surface area contributed by atoms with Crippen LogP contribution in [0.2, 0.25) is 0 Å². The van der Waals surface area contributed by atoms with Crippen LogP contribution < -0.4 is 0 Å². The minimum Gasteiger partial charge on any atom is -0.358 e. The highest BCUT2D eigenvalue weighted by atomic mass is 15.1. The lowest BCUT2D eigenvalue weighted by atomic mass is 10.1. The van der Waals surface area contributed by atoms with E-state index in [1.165, 1.54) is 22.2 Å². The van der Waals surface area contributed by atoms with Gasteiger partial charge in [-0.05, 0) is 48.2 Å². The number of hydrogen-bond donors (Lipinski definition) is 1. The fourth-order valence-electron chi connectivity index (χ4n) is 2.32. The number of fused-ring (bicyclic) bond motifs is 1. The van der Waals surface area contributed by atoms with Gasteiger partial charge in [0.05, 0.1) is 0 Å². The predicted molar refractivity (Wildman–Crippen MR) is 79.0 cm³/mol. The molecule has 0 aliphatic carbocycles. The number of rotatable bonds is 5. The van der Waals surface area contributed by atoms with E-state index in [-0.39, 0.29) is 0 Å². The number of H-pyrrole nitrogens is 1. The Morgan fingerprint density at radius 1 is 1.11 bits per heavy atom. The largest absolute Gasteiger partial charge is 0.358 e. The smallest absolute Gasteiger partial charge is 0.0456 e. The molecular weight excluding hydrogens is 220 g/mol. The summed E-state index contributed by atoms with van der Waals surface area (Å²) in [4.78, 5) is 5.93. The molecule has 0 aliphatic heterocycles. The fourth-order valence-corrected chi connectivity index (χ4v) is 2.32. The highest BCUT2D eigenvalue weighted by Gasteiger charge is 2.06. The van der Waals surface area contributed by atoms with E-state index in [0.29, 0.717) is 5.92 Å². The van der Waals surface area contributed by atoms with Crippen molar-refractivity contribution < 1.29 is 0 Å². The molecule has 1 heterocycles. The lowest BCUT2D eigenvalue weighted by Gasteiger charge is -2.17. The first-order valence-electron chi connectivity index (χ1n) is 6.98.